The van der Waals surface area contributed by atoms with Crippen molar-refractivity contribution in [2.45, 2.75) is 19.8 Å². The highest BCUT2D eigenvalue weighted by molar-refractivity contribution is 5.53. The lowest BCUT2D eigenvalue weighted by Crippen LogP contribution is -2.17. The van der Waals surface area contributed by atoms with Crippen LogP contribution in [0.1, 0.15) is 18.4 Å². The van der Waals surface area contributed by atoms with E-state index in [4.69, 9.17) is 0 Å². The third-order valence-corrected chi connectivity index (χ3v) is 2.66. The summed E-state index contributed by atoms with van der Waals surface area (Å²) in [6.45, 7) is 4.17. The van der Waals surface area contributed by atoms with Crippen molar-refractivity contribution < 1.29 is 5.11 Å². The molecule has 70 valence electrons. The molecule has 0 amide bonds. The van der Waals surface area contributed by atoms with Gasteiger partial charge in [-0.1, -0.05) is 6.07 Å². The zero-order valence-corrected chi connectivity index (χ0v) is 7.95. The van der Waals surface area contributed by atoms with E-state index in [0.29, 0.717) is 5.75 Å². The topological polar surface area (TPSA) is 23.5 Å². The number of anilines is 1. The Kier molecular flexibility index (Phi) is 2.13. The standard InChI is InChI=1S/C11H15NO/c1-9-4-5-10(8-11(9)13)12-6-2-3-7-12/h4-5,8,13H,2-3,6-7H2,1H3. The molecule has 0 saturated carbocycles. The maximum absolute atomic E-state index is 9.53. The monoisotopic (exact) mass is 177 g/mol. The average molecular weight is 177 g/mol. The first-order chi connectivity index (χ1) is 6.27. The minimum atomic E-state index is 0.407. The fourth-order valence-electron chi connectivity index (χ4n) is 1.77. The van der Waals surface area contributed by atoms with Gasteiger partial charge < -0.3 is 10.0 Å². The molecule has 2 nitrogen and oxygen atoms in total. The lowest BCUT2D eigenvalue weighted by atomic mass is 10.2. The van der Waals surface area contributed by atoms with Gasteiger partial charge in [0.05, 0.1) is 0 Å². The van der Waals surface area contributed by atoms with Gasteiger partial charge in [0.25, 0.3) is 0 Å². The Hall–Kier alpha value is -1.18. The fraction of sp³-hybridized carbons (Fsp3) is 0.455. The minimum absolute atomic E-state index is 0.407. The summed E-state index contributed by atoms with van der Waals surface area (Å²) in [6, 6.07) is 5.92. The SMILES string of the molecule is Cc1ccc(N2CCCC2)cc1O. The van der Waals surface area contributed by atoms with E-state index in [1.54, 1.807) is 0 Å². The minimum Gasteiger partial charge on any atom is -0.508 e. The van der Waals surface area contributed by atoms with Gasteiger partial charge in [0.1, 0.15) is 5.75 Å². The Labute approximate surface area is 78.8 Å². The van der Waals surface area contributed by atoms with Gasteiger partial charge in [0.2, 0.25) is 0 Å². The molecule has 0 unspecified atom stereocenters. The molecule has 1 aromatic rings. The third-order valence-electron chi connectivity index (χ3n) is 2.66. The van der Waals surface area contributed by atoms with Crippen LogP contribution in [-0.4, -0.2) is 18.2 Å². The van der Waals surface area contributed by atoms with Crippen molar-refractivity contribution in [1.29, 1.82) is 0 Å². The van der Waals surface area contributed by atoms with E-state index in [2.05, 4.69) is 11.0 Å². The summed E-state index contributed by atoms with van der Waals surface area (Å²) < 4.78 is 0. The van der Waals surface area contributed by atoms with Crippen molar-refractivity contribution in [3.05, 3.63) is 23.8 Å². The molecule has 1 saturated heterocycles. The lowest BCUT2D eigenvalue weighted by Gasteiger charge is -2.17. The molecule has 0 bridgehead atoms. The Bertz CT molecular complexity index is 303. The predicted molar refractivity (Wildman–Crippen MR) is 54.3 cm³/mol. The summed E-state index contributed by atoms with van der Waals surface area (Å²) in [5.74, 6) is 0.407. The van der Waals surface area contributed by atoms with E-state index >= 15 is 0 Å². The summed E-state index contributed by atoms with van der Waals surface area (Å²) >= 11 is 0. The second kappa shape index (κ2) is 3.29. The maximum atomic E-state index is 9.53. The van der Waals surface area contributed by atoms with E-state index < -0.39 is 0 Å². The van der Waals surface area contributed by atoms with E-state index in [0.717, 1.165) is 24.3 Å². The molecule has 1 fully saturated rings. The number of phenols is 1. The first kappa shape index (κ1) is 8.42. The smallest absolute Gasteiger partial charge is 0.120 e. The second-order valence-electron chi connectivity index (χ2n) is 3.66. The number of rotatable bonds is 1. The molecule has 0 aliphatic carbocycles. The zero-order valence-electron chi connectivity index (χ0n) is 7.95. The van der Waals surface area contributed by atoms with Crippen LogP contribution in [0.5, 0.6) is 5.75 Å². The van der Waals surface area contributed by atoms with E-state index in [-0.39, 0.29) is 0 Å². The van der Waals surface area contributed by atoms with Crippen LogP contribution < -0.4 is 4.90 Å². The average Bonchev–Trinajstić information content (AvgIpc) is 2.62. The van der Waals surface area contributed by atoms with E-state index in [1.165, 1.54) is 12.8 Å². The first-order valence-electron chi connectivity index (χ1n) is 4.82. The van der Waals surface area contributed by atoms with Crippen LogP contribution in [0.2, 0.25) is 0 Å². The summed E-state index contributed by atoms with van der Waals surface area (Å²) in [5, 5.41) is 9.53. The molecule has 1 heterocycles. The number of hydrogen-bond acceptors (Lipinski definition) is 2. The third kappa shape index (κ3) is 1.62. The van der Waals surface area contributed by atoms with Gasteiger partial charge in [-0.25, -0.2) is 0 Å². The van der Waals surface area contributed by atoms with Crippen LogP contribution in [0.3, 0.4) is 0 Å². The Balaban J connectivity index is 2.25. The molecule has 0 atom stereocenters. The van der Waals surface area contributed by atoms with Crippen LogP contribution in [0.15, 0.2) is 18.2 Å². The van der Waals surface area contributed by atoms with Gasteiger partial charge in [0.15, 0.2) is 0 Å². The molecule has 1 N–H and O–H groups in total. The quantitative estimate of drug-likeness (QED) is 0.711. The Morgan fingerprint density at radius 2 is 1.92 bits per heavy atom. The van der Waals surface area contributed by atoms with Gasteiger partial charge >= 0.3 is 0 Å². The molecular weight excluding hydrogens is 162 g/mol. The Morgan fingerprint density at radius 3 is 2.54 bits per heavy atom. The summed E-state index contributed by atoms with van der Waals surface area (Å²) in [5.41, 5.74) is 2.10. The van der Waals surface area contributed by atoms with Crippen LogP contribution in [-0.2, 0) is 0 Å². The normalized spacial score (nSPS) is 16.5. The largest absolute Gasteiger partial charge is 0.508 e. The van der Waals surface area contributed by atoms with Crippen molar-refractivity contribution in [3.63, 3.8) is 0 Å². The van der Waals surface area contributed by atoms with E-state index in [9.17, 15) is 5.11 Å². The molecule has 13 heavy (non-hydrogen) atoms. The van der Waals surface area contributed by atoms with Crippen LogP contribution in [0.4, 0.5) is 5.69 Å². The molecule has 2 heteroatoms. The molecule has 0 aromatic heterocycles. The Morgan fingerprint density at radius 1 is 1.23 bits per heavy atom. The van der Waals surface area contributed by atoms with Crippen molar-refractivity contribution in [3.8, 4) is 5.75 Å². The van der Waals surface area contributed by atoms with Crippen LogP contribution in [0.25, 0.3) is 0 Å². The molecular formula is C11H15NO. The lowest BCUT2D eigenvalue weighted by molar-refractivity contribution is 0.471. The molecule has 1 aliphatic rings. The number of phenolic OH excluding ortho intramolecular Hbond substituents is 1. The van der Waals surface area contributed by atoms with Gasteiger partial charge in [0, 0.05) is 24.8 Å². The summed E-state index contributed by atoms with van der Waals surface area (Å²) in [4.78, 5) is 2.32. The van der Waals surface area contributed by atoms with Crippen molar-refractivity contribution in [2.75, 3.05) is 18.0 Å². The second-order valence-corrected chi connectivity index (χ2v) is 3.66. The van der Waals surface area contributed by atoms with Gasteiger partial charge in [-0.2, -0.15) is 0 Å². The van der Waals surface area contributed by atoms with Gasteiger partial charge in [-0.3, -0.25) is 0 Å². The van der Waals surface area contributed by atoms with Crippen LogP contribution >= 0.6 is 0 Å². The van der Waals surface area contributed by atoms with Gasteiger partial charge in [-0.15, -0.1) is 0 Å². The molecule has 2 rings (SSSR count). The fourth-order valence-corrected chi connectivity index (χ4v) is 1.77. The number of benzene rings is 1. The van der Waals surface area contributed by atoms with Crippen molar-refractivity contribution in [2.24, 2.45) is 0 Å². The summed E-state index contributed by atoms with van der Waals surface area (Å²) in [6.07, 6.45) is 2.54. The molecule has 1 aromatic carbocycles. The molecule has 1 aliphatic heterocycles. The maximum Gasteiger partial charge on any atom is 0.120 e. The van der Waals surface area contributed by atoms with Crippen LogP contribution in [0, 0.1) is 6.92 Å². The predicted octanol–water partition coefficient (Wildman–Crippen LogP) is 2.30. The highest BCUT2D eigenvalue weighted by atomic mass is 16.3. The molecule has 0 spiro atoms. The first-order valence-corrected chi connectivity index (χ1v) is 4.82. The van der Waals surface area contributed by atoms with Gasteiger partial charge in [-0.05, 0) is 31.4 Å². The number of nitrogens with zero attached hydrogens (tertiary/aromatic N) is 1. The summed E-state index contributed by atoms with van der Waals surface area (Å²) in [7, 11) is 0. The zero-order chi connectivity index (χ0) is 9.26. The highest BCUT2D eigenvalue weighted by Gasteiger charge is 2.12. The number of aryl methyl sites for hydroxylation is 1. The highest BCUT2D eigenvalue weighted by Crippen LogP contribution is 2.26. The number of aromatic hydroxyl groups is 1. The van der Waals surface area contributed by atoms with Crippen molar-refractivity contribution >= 4 is 5.69 Å². The molecule has 0 radical (unpaired) electrons. The van der Waals surface area contributed by atoms with E-state index in [1.807, 2.05) is 19.1 Å². The number of hydrogen-bond donors (Lipinski definition) is 1. The van der Waals surface area contributed by atoms with Crippen molar-refractivity contribution in [1.82, 2.24) is 0 Å².